The lowest BCUT2D eigenvalue weighted by atomic mass is 10.00. The molecule has 3 aromatic rings. The van der Waals surface area contributed by atoms with Crippen molar-refractivity contribution in [3.05, 3.63) is 70.5 Å². The summed E-state index contributed by atoms with van der Waals surface area (Å²) in [6.45, 7) is 5.62. The average molecular weight is 390 g/mol. The fourth-order valence-corrected chi connectivity index (χ4v) is 4.01. The number of anilines is 1. The summed E-state index contributed by atoms with van der Waals surface area (Å²) in [4.78, 5) is 26.9. The first-order valence-electron chi connectivity index (χ1n) is 10.1. The average Bonchev–Trinajstić information content (AvgIpc) is 2.72. The summed E-state index contributed by atoms with van der Waals surface area (Å²) in [5, 5.41) is 7.59. The largest absolute Gasteiger partial charge is 0.324 e. The Morgan fingerprint density at radius 2 is 1.97 bits per heavy atom. The van der Waals surface area contributed by atoms with E-state index in [0.717, 1.165) is 31.2 Å². The van der Waals surface area contributed by atoms with Crippen LogP contribution in [-0.4, -0.2) is 33.7 Å². The minimum Gasteiger partial charge on any atom is -0.324 e. The van der Waals surface area contributed by atoms with Gasteiger partial charge in [0.1, 0.15) is 6.54 Å². The van der Waals surface area contributed by atoms with Gasteiger partial charge in [-0.2, -0.15) is 5.10 Å². The van der Waals surface area contributed by atoms with Crippen LogP contribution in [0.4, 0.5) is 5.69 Å². The molecule has 0 bridgehead atoms. The second-order valence-electron chi connectivity index (χ2n) is 7.91. The summed E-state index contributed by atoms with van der Waals surface area (Å²) >= 11 is 0. The molecule has 1 aliphatic rings. The van der Waals surface area contributed by atoms with E-state index < -0.39 is 0 Å². The molecule has 0 saturated carbocycles. The predicted molar refractivity (Wildman–Crippen MR) is 115 cm³/mol. The van der Waals surface area contributed by atoms with E-state index in [2.05, 4.69) is 34.4 Å². The van der Waals surface area contributed by atoms with E-state index >= 15 is 0 Å². The third-order valence-electron chi connectivity index (χ3n) is 5.44. The van der Waals surface area contributed by atoms with Crippen molar-refractivity contribution < 1.29 is 4.79 Å². The molecule has 29 heavy (non-hydrogen) atoms. The monoisotopic (exact) mass is 390 g/mol. The van der Waals surface area contributed by atoms with E-state index in [9.17, 15) is 9.59 Å². The summed E-state index contributed by atoms with van der Waals surface area (Å²) in [5.74, 6) is 0.587. The molecule has 2 heterocycles. The lowest BCUT2D eigenvalue weighted by molar-refractivity contribution is -0.116. The van der Waals surface area contributed by atoms with Crippen molar-refractivity contribution in [1.29, 1.82) is 0 Å². The summed E-state index contributed by atoms with van der Waals surface area (Å²) < 4.78 is 1.55. The number of nitrogens with zero attached hydrogens (tertiary/aromatic N) is 3. The van der Waals surface area contributed by atoms with Gasteiger partial charge >= 0.3 is 0 Å². The van der Waals surface area contributed by atoms with Crippen LogP contribution >= 0.6 is 0 Å². The lowest BCUT2D eigenvalue weighted by Crippen LogP contribution is -2.33. The molecule has 0 spiro atoms. The predicted octanol–water partition coefficient (Wildman–Crippen LogP) is 3.27. The Kier molecular flexibility index (Phi) is 5.71. The first-order chi connectivity index (χ1) is 14.1. The smallest absolute Gasteiger partial charge is 0.246 e. The quantitative estimate of drug-likeness (QED) is 0.726. The highest BCUT2D eigenvalue weighted by atomic mass is 16.2. The molecule has 1 N–H and O–H groups in total. The number of amides is 1. The number of para-hydroxylation sites is 1. The highest BCUT2D eigenvalue weighted by Crippen LogP contribution is 2.19. The molecule has 0 radical (unpaired) electrons. The van der Waals surface area contributed by atoms with E-state index in [0.29, 0.717) is 10.9 Å². The highest BCUT2D eigenvalue weighted by molar-refractivity contribution is 5.91. The molecule has 1 unspecified atom stereocenters. The van der Waals surface area contributed by atoms with Crippen molar-refractivity contribution >= 4 is 22.5 Å². The summed E-state index contributed by atoms with van der Waals surface area (Å²) in [7, 11) is 0. The number of carbonyl (C=O) groups is 1. The maximum atomic E-state index is 12.5. The Morgan fingerprint density at radius 3 is 2.76 bits per heavy atom. The van der Waals surface area contributed by atoms with Gasteiger partial charge in [0.25, 0.3) is 0 Å². The van der Waals surface area contributed by atoms with Crippen LogP contribution in [0.3, 0.4) is 0 Å². The number of nitrogens with one attached hydrogen (secondary N) is 1. The van der Waals surface area contributed by atoms with Crippen LogP contribution in [0.5, 0.6) is 0 Å². The van der Waals surface area contributed by atoms with Gasteiger partial charge in [-0.15, -0.1) is 0 Å². The van der Waals surface area contributed by atoms with E-state index in [4.69, 9.17) is 0 Å². The molecule has 1 saturated heterocycles. The second-order valence-corrected chi connectivity index (χ2v) is 7.91. The first-order valence-corrected chi connectivity index (χ1v) is 10.1. The van der Waals surface area contributed by atoms with Crippen LogP contribution in [0.1, 0.15) is 25.3 Å². The number of fused-ring (bicyclic) bond motifs is 1. The van der Waals surface area contributed by atoms with E-state index in [-0.39, 0.29) is 17.9 Å². The van der Waals surface area contributed by atoms with Gasteiger partial charge in [-0.25, -0.2) is 0 Å². The molecule has 1 aromatic heterocycles. The van der Waals surface area contributed by atoms with Crippen LogP contribution < -0.4 is 10.7 Å². The Balaban J connectivity index is 1.39. The Bertz CT molecular complexity index is 1060. The molecule has 0 aliphatic carbocycles. The molecule has 6 heteroatoms. The van der Waals surface area contributed by atoms with Gasteiger partial charge in [-0.05, 0) is 55.1 Å². The Morgan fingerprint density at radius 1 is 1.17 bits per heavy atom. The lowest BCUT2D eigenvalue weighted by Gasteiger charge is -2.30. The zero-order chi connectivity index (χ0) is 20.2. The van der Waals surface area contributed by atoms with E-state index in [1.54, 1.807) is 22.9 Å². The third-order valence-corrected chi connectivity index (χ3v) is 5.44. The van der Waals surface area contributed by atoms with Crippen LogP contribution in [0, 0.1) is 5.92 Å². The maximum absolute atomic E-state index is 12.5. The summed E-state index contributed by atoms with van der Waals surface area (Å²) in [6, 6.07) is 15.2. The molecule has 4 rings (SSSR count). The van der Waals surface area contributed by atoms with Crippen molar-refractivity contribution in [2.45, 2.75) is 32.9 Å². The molecule has 1 amide bonds. The standard InChI is InChI=1S/C23H26N4O2/c1-17-5-4-12-26(14-17)15-18-8-10-19(11-9-18)25-23(29)16-27-21-7-3-2-6-20(21)22(28)13-24-27/h2-3,6-11,13,17H,4-5,12,14-16H2,1H3,(H,25,29). The first kappa shape index (κ1) is 19.3. The van der Waals surface area contributed by atoms with Gasteiger partial charge in [0.15, 0.2) is 0 Å². The number of aromatic nitrogens is 2. The van der Waals surface area contributed by atoms with Crippen molar-refractivity contribution in [2.24, 2.45) is 5.92 Å². The molecule has 2 aromatic carbocycles. The van der Waals surface area contributed by atoms with E-state index in [1.807, 2.05) is 18.2 Å². The number of benzene rings is 2. The number of piperidine rings is 1. The van der Waals surface area contributed by atoms with Gasteiger partial charge in [0, 0.05) is 24.2 Å². The fraction of sp³-hybridized carbons (Fsp3) is 0.348. The van der Waals surface area contributed by atoms with Crippen LogP contribution in [0.15, 0.2) is 59.5 Å². The van der Waals surface area contributed by atoms with Crippen LogP contribution in [0.2, 0.25) is 0 Å². The second kappa shape index (κ2) is 8.57. The van der Waals surface area contributed by atoms with Gasteiger partial charge in [-0.3, -0.25) is 19.2 Å². The van der Waals surface area contributed by atoms with Gasteiger partial charge in [-0.1, -0.05) is 31.2 Å². The molecular weight excluding hydrogens is 364 g/mol. The zero-order valence-corrected chi connectivity index (χ0v) is 16.7. The van der Waals surface area contributed by atoms with Gasteiger partial charge in [0.2, 0.25) is 11.3 Å². The van der Waals surface area contributed by atoms with E-state index in [1.165, 1.54) is 24.6 Å². The molecule has 1 aliphatic heterocycles. The number of hydrogen-bond donors (Lipinski definition) is 1. The van der Waals surface area contributed by atoms with Gasteiger partial charge < -0.3 is 5.32 Å². The third kappa shape index (κ3) is 4.71. The SMILES string of the molecule is CC1CCCN(Cc2ccc(NC(=O)Cn3ncc(=O)c4ccccc43)cc2)C1. The molecule has 150 valence electrons. The Labute approximate surface area is 170 Å². The molecular formula is C23H26N4O2. The topological polar surface area (TPSA) is 67.2 Å². The molecule has 6 nitrogen and oxygen atoms in total. The van der Waals surface area contributed by atoms with Crippen molar-refractivity contribution in [3.8, 4) is 0 Å². The number of hydrogen-bond acceptors (Lipinski definition) is 4. The van der Waals surface area contributed by atoms with Crippen molar-refractivity contribution in [1.82, 2.24) is 14.7 Å². The summed E-state index contributed by atoms with van der Waals surface area (Å²) in [5.41, 5.74) is 2.53. The van der Waals surface area contributed by atoms with Crippen LogP contribution in [-0.2, 0) is 17.9 Å². The zero-order valence-electron chi connectivity index (χ0n) is 16.7. The van der Waals surface area contributed by atoms with Crippen molar-refractivity contribution in [2.75, 3.05) is 18.4 Å². The molecule has 1 atom stereocenters. The minimum absolute atomic E-state index is 0.0498. The Hall–Kier alpha value is -2.99. The van der Waals surface area contributed by atoms with Gasteiger partial charge in [0.05, 0.1) is 11.7 Å². The highest BCUT2D eigenvalue weighted by Gasteiger charge is 2.16. The maximum Gasteiger partial charge on any atom is 0.246 e. The van der Waals surface area contributed by atoms with Crippen molar-refractivity contribution in [3.63, 3.8) is 0 Å². The number of likely N-dealkylation sites (tertiary alicyclic amines) is 1. The normalized spacial score (nSPS) is 17.3. The summed E-state index contributed by atoms with van der Waals surface area (Å²) in [6.07, 6.45) is 3.84. The number of carbonyl (C=O) groups excluding carboxylic acids is 1. The van der Waals surface area contributed by atoms with Crippen LogP contribution in [0.25, 0.3) is 10.9 Å². The molecule has 1 fully saturated rings. The minimum atomic E-state index is -0.177. The number of rotatable bonds is 5. The fourth-order valence-electron chi connectivity index (χ4n) is 4.01.